The molecule has 0 radical (unpaired) electrons. The Hall–Kier alpha value is -3.03. The van der Waals surface area contributed by atoms with Crippen LogP contribution in [0.15, 0.2) is 42.5 Å². The molecule has 0 amide bonds. The van der Waals surface area contributed by atoms with Gasteiger partial charge in [0.1, 0.15) is 11.9 Å². The normalized spacial score (nSPS) is 13.1. The number of hydrogen-bond donors (Lipinski definition) is 2. The van der Waals surface area contributed by atoms with Gasteiger partial charge >= 0.3 is 5.97 Å². The Morgan fingerprint density at radius 1 is 1.10 bits per heavy atom. The molecule has 2 aromatic rings. The molecule has 0 bridgehead atoms. The van der Waals surface area contributed by atoms with Gasteiger partial charge in [-0.05, 0) is 54.0 Å². The molecule has 2 rings (SSSR count). The molecule has 2 N–H and O–H groups in total. The highest BCUT2D eigenvalue weighted by Crippen LogP contribution is 2.32. The number of phenols is 1. The smallest absolute Gasteiger partial charge is 0.330 e. The molecule has 0 fully saturated rings. The van der Waals surface area contributed by atoms with Gasteiger partial charge in [0.2, 0.25) is 0 Å². The van der Waals surface area contributed by atoms with Gasteiger partial charge in [0.15, 0.2) is 17.6 Å². The van der Waals surface area contributed by atoms with Gasteiger partial charge in [0.05, 0.1) is 20.8 Å². The zero-order valence-corrected chi connectivity index (χ0v) is 16.9. The van der Waals surface area contributed by atoms with E-state index in [-0.39, 0.29) is 12.4 Å². The molecule has 2 unspecified atom stereocenters. The fourth-order valence-corrected chi connectivity index (χ4v) is 2.71. The van der Waals surface area contributed by atoms with Crippen molar-refractivity contribution >= 4 is 12.0 Å². The van der Waals surface area contributed by atoms with E-state index in [1.807, 2.05) is 0 Å². The van der Waals surface area contributed by atoms with Crippen LogP contribution in [0.5, 0.6) is 17.2 Å². The van der Waals surface area contributed by atoms with E-state index in [0.717, 1.165) is 5.56 Å². The van der Waals surface area contributed by atoms with Gasteiger partial charge in [-0.25, -0.2) is 4.79 Å². The molecule has 0 aliphatic heterocycles. The number of methoxy groups -OCH3 is 3. The summed E-state index contributed by atoms with van der Waals surface area (Å²) < 4.78 is 21.2. The minimum absolute atomic E-state index is 0.133. The van der Waals surface area contributed by atoms with E-state index >= 15 is 0 Å². The first-order chi connectivity index (χ1) is 13.9. The molecule has 156 valence electrons. The highest BCUT2D eigenvalue weighted by molar-refractivity contribution is 5.87. The van der Waals surface area contributed by atoms with Crippen LogP contribution in [-0.4, -0.2) is 50.2 Å². The number of hydrogen-bond acceptors (Lipinski definition) is 7. The number of benzene rings is 2. The van der Waals surface area contributed by atoms with Crippen LogP contribution in [0.2, 0.25) is 0 Å². The molecule has 0 heterocycles. The van der Waals surface area contributed by atoms with Crippen molar-refractivity contribution in [2.24, 2.45) is 0 Å². The van der Waals surface area contributed by atoms with Crippen molar-refractivity contribution in [1.29, 1.82) is 0 Å². The van der Waals surface area contributed by atoms with Crippen LogP contribution in [0.25, 0.3) is 6.08 Å². The zero-order chi connectivity index (χ0) is 21.4. The molecule has 0 spiro atoms. The Balaban J connectivity index is 2.25. The number of aliphatic hydroxyl groups is 1. The van der Waals surface area contributed by atoms with Gasteiger partial charge in [-0.15, -0.1) is 0 Å². The van der Waals surface area contributed by atoms with E-state index in [2.05, 4.69) is 4.74 Å². The molecule has 0 aliphatic carbocycles. The number of aliphatic hydroxyl groups excluding tert-OH is 1. The Kier molecular flexibility index (Phi) is 8.06. The molecule has 7 nitrogen and oxygen atoms in total. The summed E-state index contributed by atoms with van der Waals surface area (Å²) >= 11 is 0. The minimum Gasteiger partial charge on any atom is -0.508 e. The van der Waals surface area contributed by atoms with E-state index < -0.39 is 18.2 Å². The second kappa shape index (κ2) is 10.5. The molecule has 0 aliphatic rings. The predicted octanol–water partition coefficient (Wildman–Crippen LogP) is 3.02. The lowest BCUT2D eigenvalue weighted by Gasteiger charge is -2.25. The second-order valence-electron chi connectivity index (χ2n) is 6.37. The van der Waals surface area contributed by atoms with Crippen LogP contribution in [0.1, 0.15) is 22.8 Å². The van der Waals surface area contributed by atoms with Gasteiger partial charge in [-0.3, -0.25) is 0 Å². The van der Waals surface area contributed by atoms with Crippen molar-refractivity contribution in [1.82, 2.24) is 0 Å². The lowest BCUT2D eigenvalue weighted by Crippen LogP contribution is -2.30. The van der Waals surface area contributed by atoms with Crippen LogP contribution >= 0.6 is 0 Å². The highest BCUT2D eigenvalue weighted by Gasteiger charge is 2.25. The minimum atomic E-state index is -0.988. The van der Waals surface area contributed by atoms with Crippen LogP contribution < -0.4 is 9.47 Å². The Morgan fingerprint density at radius 3 is 2.48 bits per heavy atom. The number of rotatable bonds is 9. The van der Waals surface area contributed by atoms with Crippen molar-refractivity contribution in [2.75, 3.05) is 27.9 Å². The number of aryl methyl sites for hydroxylation is 1. The summed E-state index contributed by atoms with van der Waals surface area (Å²) in [6.45, 7) is 1.88. The van der Waals surface area contributed by atoms with Crippen molar-refractivity contribution in [2.45, 2.75) is 19.1 Å². The van der Waals surface area contributed by atoms with Crippen molar-refractivity contribution < 1.29 is 34.0 Å². The third-order valence-corrected chi connectivity index (χ3v) is 4.32. The van der Waals surface area contributed by atoms with Gasteiger partial charge in [-0.1, -0.05) is 12.1 Å². The monoisotopic (exact) mass is 402 g/mol. The summed E-state index contributed by atoms with van der Waals surface area (Å²) in [5.74, 6) is 0.547. The summed E-state index contributed by atoms with van der Waals surface area (Å²) in [6.07, 6.45) is 1.20. The standard InChI is InChI=1S/C22H26O7/c1-14-11-16(7-8-17(14)23)22(25)20(13-26-2)29-18-9-5-15(12-19(18)27-3)6-10-21(24)28-4/h5-12,20,22-23,25H,13H2,1-4H3/b10-6+. The fraction of sp³-hybridized carbons (Fsp3) is 0.318. The molecule has 29 heavy (non-hydrogen) atoms. The summed E-state index contributed by atoms with van der Waals surface area (Å²) in [5.41, 5.74) is 1.97. The van der Waals surface area contributed by atoms with E-state index in [4.69, 9.17) is 14.2 Å². The molecule has 0 aromatic heterocycles. The molecular weight excluding hydrogens is 376 g/mol. The molecule has 2 aromatic carbocycles. The summed E-state index contributed by atoms with van der Waals surface area (Å²) in [6, 6.07) is 10.0. The SMILES string of the molecule is COCC(Oc1ccc(/C=C/C(=O)OC)cc1OC)C(O)c1ccc(O)c(C)c1. The Bertz CT molecular complexity index is 860. The number of esters is 1. The van der Waals surface area contributed by atoms with Crippen LogP contribution in [-0.2, 0) is 14.3 Å². The maximum absolute atomic E-state index is 11.3. The lowest BCUT2D eigenvalue weighted by molar-refractivity contribution is -0.134. The largest absolute Gasteiger partial charge is 0.508 e. The van der Waals surface area contributed by atoms with Crippen molar-refractivity contribution in [3.63, 3.8) is 0 Å². The van der Waals surface area contributed by atoms with Crippen LogP contribution in [0.4, 0.5) is 0 Å². The van der Waals surface area contributed by atoms with Gasteiger partial charge < -0.3 is 29.2 Å². The maximum Gasteiger partial charge on any atom is 0.330 e. The third kappa shape index (κ3) is 5.97. The Labute approximate surface area is 170 Å². The topological polar surface area (TPSA) is 94.5 Å². The van der Waals surface area contributed by atoms with E-state index in [1.165, 1.54) is 33.5 Å². The van der Waals surface area contributed by atoms with Gasteiger partial charge in [-0.2, -0.15) is 0 Å². The number of aromatic hydroxyl groups is 1. The number of phenolic OH excluding ortho intramolecular Hbond substituents is 1. The Morgan fingerprint density at radius 2 is 1.86 bits per heavy atom. The van der Waals surface area contributed by atoms with Crippen LogP contribution in [0, 0.1) is 6.92 Å². The zero-order valence-electron chi connectivity index (χ0n) is 16.9. The van der Waals surface area contributed by atoms with Crippen molar-refractivity contribution in [3.05, 3.63) is 59.2 Å². The average molecular weight is 402 g/mol. The average Bonchev–Trinajstić information content (AvgIpc) is 2.73. The van der Waals surface area contributed by atoms with E-state index in [1.54, 1.807) is 43.3 Å². The van der Waals surface area contributed by atoms with E-state index in [0.29, 0.717) is 22.6 Å². The van der Waals surface area contributed by atoms with Gasteiger partial charge in [0, 0.05) is 13.2 Å². The third-order valence-electron chi connectivity index (χ3n) is 4.32. The summed E-state index contributed by atoms with van der Waals surface area (Å²) in [4.78, 5) is 11.3. The van der Waals surface area contributed by atoms with E-state index in [9.17, 15) is 15.0 Å². The molecule has 0 saturated heterocycles. The van der Waals surface area contributed by atoms with Crippen molar-refractivity contribution in [3.8, 4) is 17.2 Å². The quantitative estimate of drug-likeness (QED) is 0.492. The molecule has 7 heteroatoms. The first-order valence-electron chi connectivity index (χ1n) is 8.96. The maximum atomic E-state index is 11.3. The highest BCUT2D eigenvalue weighted by atomic mass is 16.6. The van der Waals surface area contributed by atoms with Gasteiger partial charge in [0.25, 0.3) is 0 Å². The number of carbonyl (C=O) groups excluding carboxylic acids is 1. The molecule has 2 atom stereocenters. The number of ether oxygens (including phenoxy) is 4. The summed E-state index contributed by atoms with van der Waals surface area (Å²) in [5, 5.41) is 20.5. The number of carbonyl (C=O) groups is 1. The lowest BCUT2D eigenvalue weighted by atomic mass is 10.0. The predicted molar refractivity (Wildman–Crippen MR) is 108 cm³/mol. The van der Waals surface area contributed by atoms with Crippen LogP contribution in [0.3, 0.4) is 0 Å². The molecule has 0 saturated carbocycles. The molecular formula is C22H26O7. The fourth-order valence-electron chi connectivity index (χ4n) is 2.71. The second-order valence-corrected chi connectivity index (χ2v) is 6.37. The summed E-state index contributed by atoms with van der Waals surface area (Å²) in [7, 11) is 4.32. The first-order valence-corrected chi connectivity index (χ1v) is 8.96. The first kappa shape index (κ1) is 22.3.